The Labute approximate surface area is 189 Å². The number of benzene rings is 2. The zero-order valence-corrected chi connectivity index (χ0v) is 18.5. The lowest BCUT2D eigenvalue weighted by Crippen LogP contribution is -2.37. The summed E-state index contributed by atoms with van der Waals surface area (Å²) < 4.78 is 0. The molecule has 0 atom stereocenters. The second-order valence-corrected chi connectivity index (χ2v) is 8.52. The second kappa shape index (κ2) is 9.09. The van der Waals surface area contributed by atoms with Crippen molar-refractivity contribution in [3.63, 3.8) is 0 Å². The van der Waals surface area contributed by atoms with Crippen LogP contribution in [0.5, 0.6) is 0 Å². The van der Waals surface area contributed by atoms with Gasteiger partial charge in [0.05, 0.1) is 12.2 Å². The Morgan fingerprint density at radius 2 is 1.78 bits per heavy atom. The van der Waals surface area contributed by atoms with Crippen LogP contribution in [0.3, 0.4) is 0 Å². The number of rotatable bonds is 4. The van der Waals surface area contributed by atoms with Gasteiger partial charge in [0, 0.05) is 30.6 Å². The summed E-state index contributed by atoms with van der Waals surface area (Å²) in [4.78, 5) is 25.4. The van der Waals surface area contributed by atoms with Gasteiger partial charge in [-0.1, -0.05) is 48.5 Å². The van der Waals surface area contributed by atoms with Crippen LogP contribution in [0.2, 0.25) is 0 Å². The molecule has 2 N–H and O–H groups in total. The molecule has 0 unspecified atom stereocenters. The molecule has 2 aliphatic rings. The van der Waals surface area contributed by atoms with Crippen LogP contribution in [0.1, 0.15) is 46.2 Å². The number of hydrogen-bond donors (Lipinski definition) is 2. The number of carbonyl (C=O) groups is 1. The van der Waals surface area contributed by atoms with Gasteiger partial charge < -0.3 is 15.5 Å². The van der Waals surface area contributed by atoms with E-state index < -0.39 is 0 Å². The number of aromatic nitrogens is 2. The van der Waals surface area contributed by atoms with E-state index in [1.807, 2.05) is 54.4 Å². The van der Waals surface area contributed by atoms with E-state index in [1.54, 1.807) is 0 Å². The van der Waals surface area contributed by atoms with E-state index in [0.29, 0.717) is 19.0 Å². The minimum absolute atomic E-state index is 0.0585. The number of amides is 1. The van der Waals surface area contributed by atoms with E-state index in [0.717, 1.165) is 71.9 Å². The van der Waals surface area contributed by atoms with Gasteiger partial charge in [-0.25, -0.2) is 9.97 Å². The number of hydrogen-bond acceptors (Lipinski definition) is 5. The number of fused-ring (bicyclic) bond motifs is 1. The molecule has 164 valence electrons. The molecule has 1 amide bonds. The summed E-state index contributed by atoms with van der Waals surface area (Å²) in [6.45, 7) is 3.19. The lowest BCUT2D eigenvalue weighted by Gasteiger charge is -2.31. The van der Waals surface area contributed by atoms with Crippen molar-refractivity contribution in [2.24, 2.45) is 0 Å². The quantitative estimate of drug-likeness (QED) is 0.662. The molecule has 6 nitrogen and oxygen atoms in total. The Kier molecular flexibility index (Phi) is 5.86. The van der Waals surface area contributed by atoms with Gasteiger partial charge >= 0.3 is 0 Å². The Balaban J connectivity index is 1.45. The zero-order chi connectivity index (χ0) is 21.9. The number of carbonyl (C=O) groups excluding carboxylic acids is 1. The van der Waals surface area contributed by atoms with Gasteiger partial charge in [0.2, 0.25) is 0 Å². The fourth-order valence-corrected chi connectivity index (χ4v) is 4.80. The molecular formula is C26H29N5O. The third kappa shape index (κ3) is 3.98. The second-order valence-electron chi connectivity index (χ2n) is 8.52. The largest absolute Gasteiger partial charge is 0.373 e. The van der Waals surface area contributed by atoms with Crippen LogP contribution in [0.4, 0.5) is 5.82 Å². The van der Waals surface area contributed by atoms with Gasteiger partial charge in [-0.15, -0.1) is 0 Å². The van der Waals surface area contributed by atoms with Gasteiger partial charge in [0.25, 0.3) is 5.91 Å². The highest BCUT2D eigenvalue weighted by atomic mass is 16.2. The van der Waals surface area contributed by atoms with Gasteiger partial charge in [-0.05, 0) is 49.5 Å². The highest BCUT2D eigenvalue weighted by molar-refractivity contribution is 6.01. The third-order valence-electron chi connectivity index (χ3n) is 6.55. The minimum Gasteiger partial charge on any atom is -0.373 e. The molecule has 1 saturated heterocycles. The Hall–Kier alpha value is -3.25. The summed E-state index contributed by atoms with van der Waals surface area (Å²) >= 11 is 0. The Morgan fingerprint density at radius 1 is 1.03 bits per heavy atom. The van der Waals surface area contributed by atoms with Crippen molar-refractivity contribution in [1.29, 1.82) is 0 Å². The number of anilines is 1. The summed E-state index contributed by atoms with van der Waals surface area (Å²) in [5, 5.41) is 6.68. The van der Waals surface area contributed by atoms with Gasteiger partial charge in [0.15, 0.2) is 0 Å². The van der Waals surface area contributed by atoms with Crippen molar-refractivity contribution >= 4 is 11.7 Å². The van der Waals surface area contributed by atoms with Crippen LogP contribution in [-0.2, 0) is 13.0 Å². The maximum absolute atomic E-state index is 13.6. The molecule has 3 heterocycles. The van der Waals surface area contributed by atoms with E-state index in [-0.39, 0.29) is 5.91 Å². The maximum atomic E-state index is 13.6. The minimum atomic E-state index is 0.0585. The van der Waals surface area contributed by atoms with Gasteiger partial charge in [-0.2, -0.15) is 0 Å². The summed E-state index contributed by atoms with van der Waals surface area (Å²) in [6, 6.07) is 18.0. The first-order valence-electron chi connectivity index (χ1n) is 11.5. The predicted octanol–water partition coefficient (Wildman–Crippen LogP) is 3.85. The molecule has 1 fully saturated rings. The summed E-state index contributed by atoms with van der Waals surface area (Å²) in [7, 11) is 1.92. The summed E-state index contributed by atoms with van der Waals surface area (Å²) in [5.74, 6) is 2.26. The Morgan fingerprint density at radius 3 is 2.56 bits per heavy atom. The molecule has 0 saturated carbocycles. The molecule has 2 aromatic carbocycles. The van der Waals surface area contributed by atoms with Crippen molar-refractivity contribution in [2.75, 3.05) is 32.0 Å². The van der Waals surface area contributed by atoms with E-state index in [1.165, 1.54) is 0 Å². The Bertz CT molecular complexity index is 1110. The molecule has 1 aromatic heterocycles. The molecule has 0 radical (unpaired) electrons. The number of nitrogens with zero attached hydrogens (tertiary/aromatic N) is 3. The third-order valence-corrected chi connectivity index (χ3v) is 6.55. The van der Waals surface area contributed by atoms with E-state index in [9.17, 15) is 4.79 Å². The number of nitrogens with one attached hydrogen (secondary N) is 2. The molecule has 0 bridgehead atoms. The fourth-order valence-electron chi connectivity index (χ4n) is 4.80. The molecule has 0 aliphatic carbocycles. The molecule has 6 heteroatoms. The fraction of sp³-hybridized carbons (Fsp3) is 0.346. The van der Waals surface area contributed by atoms with E-state index >= 15 is 0 Å². The highest BCUT2D eigenvalue weighted by Crippen LogP contribution is 2.31. The lowest BCUT2D eigenvalue weighted by molar-refractivity contribution is 0.0732. The average molecular weight is 428 g/mol. The first-order chi connectivity index (χ1) is 15.7. The SMILES string of the molecule is CNc1nc(C2CCNCC2)nc2c1CCN(C(=O)c1ccccc1-c1ccccc1)C2. The van der Waals surface area contributed by atoms with Crippen LogP contribution < -0.4 is 10.6 Å². The van der Waals surface area contributed by atoms with E-state index in [2.05, 4.69) is 22.8 Å². The molecule has 3 aromatic rings. The van der Waals surface area contributed by atoms with Gasteiger partial charge in [-0.3, -0.25) is 4.79 Å². The molecular weight excluding hydrogens is 398 g/mol. The van der Waals surface area contributed by atoms with Crippen molar-refractivity contribution in [3.8, 4) is 11.1 Å². The van der Waals surface area contributed by atoms with Crippen molar-refractivity contribution in [2.45, 2.75) is 31.7 Å². The molecule has 2 aliphatic heterocycles. The van der Waals surface area contributed by atoms with Crippen molar-refractivity contribution in [3.05, 3.63) is 77.2 Å². The first-order valence-corrected chi connectivity index (χ1v) is 11.5. The monoisotopic (exact) mass is 427 g/mol. The first kappa shape index (κ1) is 20.6. The normalized spacial score (nSPS) is 16.5. The lowest BCUT2D eigenvalue weighted by atomic mass is 9.95. The zero-order valence-electron chi connectivity index (χ0n) is 18.5. The maximum Gasteiger partial charge on any atom is 0.254 e. The smallest absolute Gasteiger partial charge is 0.254 e. The van der Waals surface area contributed by atoms with Crippen LogP contribution in [-0.4, -0.2) is 47.5 Å². The molecule has 32 heavy (non-hydrogen) atoms. The van der Waals surface area contributed by atoms with Crippen LogP contribution in [0.15, 0.2) is 54.6 Å². The van der Waals surface area contributed by atoms with Crippen LogP contribution >= 0.6 is 0 Å². The van der Waals surface area contributed by atoms with Gasteiger partial charge in [0.1, 0.15) is 11.6 Å². The topological polar surface area (TPSA) is 70.2 Å². The predicted molar refractivity (Wildman–Crippen MR) is 127 cm³/mol. The van der Waals surface area contributed by atoms with Crippen LogP contribution in [0.25, 0.3) is 11.1 Å². The number of piperidine rings is 1. The van der Waals surface area contributed by atoms with E-state index in [4.69, 9.17) is 9.97 Å². The van der Waals surface area contributed by atoms with Crippen molar-refractivity contribution in [1.82, 2.24) is 20.2 Å². The molecule has 0 spiro atoms. The summed E-state index contributed by atoms with van der Waals surface area (Å²) in [6.07, 6.45) is 2.86. The molecule has 5 rings (SSSR count). The highest BCUT2D eigenvalue weighted by Gasteiger charge is 2.28. The average Bonchev–Trinajstić information content (AvgIpc) is 2.88. The standard InChI is InChI=1S/C26H29N5O/c1-27-25-22-13-16-31(17-23(22)29-24(30-25)19-11-14-28-15-12-19)26(32)21-10-6-5-9-20(21)18-7-3-2-4-8-18/h2-10,19,28H,11-17H2,1H3,(H,27,29,30). The van der Waals surface area contributed by atoms with Crippen molar-refractivity contribution < 1.29 is 4.79 Å². The summed E-state index contributed by atoms with van der Waals surface area (Å²) in [5.41, 5.74) is 4.89. The van der Waals surface area contributed by atoms with Crippen LogP contribution in [0, 0.1) is 0 Å².